The Morgan fingerprint density at radius 3 is 2.40 bits per heavy atom. The SMILES string of the molecule is CN(Cc1cn(C)nc1C(F)(F)F)C(=O)C1CC2(CC(C(=O)O)C2)C1. The number of nitrogens with zero attached hydrogens (tertiary/aromatic N) is 3. The first-order chi connectivity index (χ1) is 11.5. The third kappa shape index (κ3) is 3.23. The number of rotatable bonds is 4. The van der Waals surface area contributed by atoms with Gasteiger partial charge in [0.15, 0.2) is 5.69 Å². The molecule has 3 rings (SSSR count). The van der Waals surface area contributed by atoms with Crippen LogP contribution in [-0.2, 0) is 29.4 Å². The van der Waals surface area contributed by atoms with E-state index in [0.29, 0.717) is 25.7 Å². The van der Waals surface area contributed by atoms with Crippen LogP contribution in [0.2, 0.25) is 0 Å². The molecule has 1 aromatic heterocycles. The van der Waals surface area contributed by atoms with Gasteiger partial charge in [-0.25, -0.2) is 0 Å². The smallest absolute Gasteiger partial charge is 0.435 e. The van der Waals surface area contributed by atoms with E-state index in [1.165, 1.54) is 25.2 Å². The number of alkyl halides is 3. The third-order valence-electron chi connectivity index (χ3n) is 5.37. The minimum Gasteiger partial charge on any atom is -0.481 e. The zero-order valence-electron chi connectivity index (χ0n) is 14.0. The second-order valence-electron chi connectivity index (χ2n) is 7.42. The van der Waals surface area contributed by atoms with E-state index in [0.717, 1.165) is 4.68 Å². The average Bonchev–Trinajstić information content (AvgIpc) is 2.75. The van der Waals surface area contributed by atoms with Crippen LogP contribution in [0.25, 0.3) is 0 Å². The summed E-state index contributed by atoms with van der Waals surface area (Å²) in [5, 5.41) is 12.4. The predicted molar refractivity (Wildman–Crippen MR) is 80.2 cm³/mol. The molecule has 0 saturated heterocycles. The maximum Gasteiger partial charge on any atom is 0.435 e. The molecule has 1 heterocycles. The number of hydrogen-bond acceptors (Lipinski definition) is 3. The van der Waals surface area contributed by atoms with Gasteiger partial charge in [0.2, 0.25) is 5.91 Å². The summed E-state index contributed by atoms with van der Waals surface area (Å²) in [7, 11) is 2.90. The van der Waals surface area contributed by atoms with Crippen LogP contribution in [0, 0.1) is 17.3 Å². The molecule has 9 heteroatoms. The van der Waals surface area contributed by atoms with Crippen molar-refractivity contribution in [3.05, 3.63) is 17.5 Å². The Bertz CT molecular complexity index is 699. The molecule has 2 aliphatic carbocycles. The summed E-state index contributed by atoms with van der Waals surface area (Å²) in [4.78, 5) is 24.6. The van der Waals surface area contributed by atoms with Crippen molar-refractivity contribution in [2.24, 2.45) is 24.3 Å². The zero-order chi connectivity index (χ0) is 18.6. The summed E-state index contributed by atoms with van der Waals surface area (Å²) < 4.78 is 40.0. The number of aryl methyl sites for hydroxylation is 1. The lowest BCUT2D eigenvalue weighted by Gasteiger charge is -2.56. The number of hydrogen-bond donors (Lipinski definition) is 1. The van der Waals surface area contributed by atoms with Gasteiger partial charge in [-0.15, -0.1) is 0 Å². The molecular formula is C16H20F3N3O3. The molecule has 1 amide bonds. The second-order valence-corrected chi connectivity index (χ2v) is 7.42. The van der Waals surface area contributed by atoms with E-state index in [4.69, 9.17) is 5.11 Å². The molecule has 0 bridgehead atoms. The molecule has 0 unspecified atom stereocenters. The topological polar surface area (TPSA) is 75.4 Å². The number of aromatic nitrogens is 2. The van der Waals surface area contributed by atoms with Crippen LogP contribution in [0.15, 0.2) is 6.20 Å². The summed E-state index contributed by atoms with van der Waals surface area (Å²) >= 11 is 0. The van der Waals surface area contributed by atoms with Crippen molar-refractivity contribution in [2.75, 3.05) is 7.05 Å². The van der Waals surface area contributed by atoms with Crippen LogP contribution < -0.4 is 0 Å². The van der Waals surface area contributed by atoms with Crippen molar-refractivity contribution >= 4 is 11.9 Å². The Morgan fingerprint density at radius 2 is 1.88 bits per heavy atom. The van der Waals surface area contributed by atoms with Crippen molar-refractivity contribution in [1.82, 2.24) is 14.7 Å². The van der Waals surface area contributed by atoms with Crippen molar-refractivity contribution in [2.45, 2.75) is 38.4 Å². The standard InChI is InChI=1S/C16H20F3N3O3/c1-21(7-11-8-22(2)20-12(11)16(17,18)19)13(23)9-3-15(4-9)5-10(6-15)14(24)25/h8-10H,3-7H2,1-2H3,(H,24,25). The van der Waals surface area contributed by atoms with E-state index >= 15 is 0 Å². The number of carboxylic acids is 1. The van der Waals surface area contributed by atoms with E-state index in [1.807, 2.05) is 0 Å². The van der Waals surface area contributed by atoms with Crippen molar-refractivity contribution in [1.29, 1.82) is 0 Å². The Kier molecular flexibility index (Phi) is 4.08. The number of amides is 1. The van der Waals surface area contributed by atoms with Crippen molar-refractivity contribution < 1.29 is 27.9 Å². The summed E-state index contributed by atoms with van der Waals surface area (Å²) in [6.45, 7) is -0.150. The van der Waals surface area contributed by atoms with E-state index in [9.17, 15) is 22.8 Å². The first-order valence-corrected chi connectivity index (χ1v) is 8.08. The molecular weight excluding hydrogens is 339 g/mol. The highest BCUT2D eigenvalue weighted by Crippen LogP contribution is 2.61. The Hall–Kier alpha value is -2.06. The molecule has 0 radical (unpaired) electrons. The highest BCUT2D eigenvalue weighted by molar-refractivity contribution is 5.80. The van der Waals surface area contributed by atoms with Gasteiger partial charge in [0.05, 0.1) is 5.92 Å². The van der Waals surface area contributed by atoms with E-state index in [2.05, 4.69) is 5.10 Å². The van der Waals surface area contributed by atoms with Gasteiger partial charge in [-0.3, -0.25) is 14.3 Å². The van der Waals surface area contributed by atoms with Crippen LogP contribution in [-0.4, -0.2) is 38.7 Å². The molecule has 25 heavy (non-hydrogen) atoms. The van der Waals surface area contributed by atoms with Crippen LogP contribution in [0.5, 0.6) is 0 Å². The van der Waals surface area contributed by atoms with Crippen molar-refractivity contribution in [3.8, 4) is 0 Å². The van der Waals surface area contributed by atoms with Crippen LogP contribution >= 0.6 is 0 Å². The van der Waals surface area contributed by atoms with Gasteiger partial charge in [0.25, 0.3) is 0 Å². The summed E-state index contributed by atoms with van der Waals surface area (Å²) in [5.41, 5.74) is -1.05. The lowest BCUT2D eigenvalue weighted by molar-refractivity contribution is -0.164. The fourth-order valence-electron chi connectivity index (χ4n) is 4.19. The Morgan fingerprint density at radius 1 is 1.32 bits per heavy atom. The third-order valence-corrected chi connectivity index (χ3v) is 5.37. The fourth-order valence-corrected chi connectivity index (χ4v) is 4.19. The minimum absolute atomic E-state index is 0.0329. The van der Waals surface area contributed by atoms with Gasteiger partial charge < -0.3 is 10.0 Å². The van der Waals surface area contributed by atoms with E-state index < -0.39 is 17.8 Å². The summed E-state index contributed by atoms with van der Waals surface area (Å²) in [5.74, 6) is -1.54. The molecule has 138 valence electrons. The highest BCUT2D eigenvalue weighted by atomic mass is 19.4. The lowest BCUT2D eigenvalue weighted by Crippen LogP contribution is -2.53. The number of carbonyl (C=O) groups is 2. The molecule has 2 saturated carbocycles. The largest absolute Gasteiger partial charge is 0.481 e. The second kappa shape index (κ2) is 5.74. The molecule has 1 aromatic rings. The monoisotopic (exact) mass is 359 g/mol. The van der Waals surface area contributed by atoms with E-state index in [1.54, 1.807) is 0 Å². The van der Waals surface area contributed by atoms with Crippen LogP contribution in [0.4, 0.5) is 13.2 Å². The lowest BCUT2D eigenvalue weighted by atomic mass is 9.48. The van der Waals surface area contributed by atoms with Gasteiger partial charge >= 0.3 is 12.1 Å². The zero-order valence-corrected chi connectivity index (χ0v) is 14.0. The Balaban J connectivity index is 1.58. The highest BCUT2D eigenvalue weighted by Gasteiger charge is 2.56. The van der Waals surface area contributed by atoms with Gasteiger partial charge in [-0.1, -0.05) is 0 Å². The molecule has 2 aliphatic rings. The first kappa shape index (κ1) is 17.8. The maximum absolute atomic E-state index is 13.0. The van der Waals surface area contributed by atoms with Crippen LogP contribution in [0.1, 0.15) is 36.9 Å². The van der Waals surface area contributed by atoms with Crippen LogP contribution in [0.3, 0.4) is 0 Å². The molecule has 0 atom stereocenters. The average molecular weight is 359 g/mol. The minimum atomic E-state index is -4.56. The molecule has 0 aliphatic heterocycles. The van der Waals surface area contributed by atoms with Gasteiger partial charge in [-0.2, -0.15) is 18.3 Å². The molecule has 2 fully saturated rings. The first-order valence-electron chi connectivity index (χ1n) is 8.08. The summed E-state index contributed by atoms with van der Waals surface area (Å²) in [6.07, 6.45) is -0.845. The fraction of sp³-hybridized carbons (Fsp3) is 0.688. The van der Waals surface area contributed by atoms with Crippen molar-refractivity contribution in [3.63, 3.8) is 0 Å². The van der Waals surface area contributed by atoms with Gasteiger partial charge in [-0.05, 0) is 31.1 Å². The normalized spacial score (nSPS) is 28.4. The molecule has 6 nitrogen and oxygen atoms in total. The van der Waals surface area contributed by atoms with E-state index in [-0.39, 0.29) is 35.3 Å². The number of carbonyl (C=O) groups excluding carboxylic acids is 1. The number of carboxylic acid groups (broad SMARTS) is 1. The quantitative estimate of drug-likeness (QED) is 0.895. The maximum atomic E-state index is 13.0. The van der Waals surface area contributed by atoms with Gasteiger partial charge in [0.1, 0.15) is 0 Å². The summed E-state index contributed by atoms with van der Waals surface area (Å²) in [6, 6.07) is 0. The predicted octanol–water partition coefficient (Wildman–Crippen LogP) is 2.29. The Labute approximate surface area is 142 Å². The molecule has 0 aromatic carbocycles. The molecule has 1 N–H and O–H groups in total. The van der Waals surface area contributed by atoms with Gasteiger partial charge in [0, 0.05) is 38.3 Å². The number of halogens is 3. The molecule has 1 spiro atoms. The number of aliphatic carboxylic acids is 1.